The highest BCUT2D eigenvalue weighted by molar-refractivity contribution is 5.98. The highest BCUT2D eigenvalue weighted by atomic mass is 16.2. The molecule has 0 aliphatic carbocycles. The second kappa shape index (κ2) is 7.75. The van der Waals surface area contributed by atoms with Crippen LogP contribution in [0.4, 0.5) is 4.79 Å². The van der Waals surface area contributed by atoms with Crippen molar-refractivity contribution in [2.75, 3.05) is 13.1 Å². The number of nitrogens with zero attached hydrogens (tertiary/aromatic N) is 3. The van der Waals surface area contributed by atoms with Crippen LogP contribution in [0.1, 0.15) is 23.9 Å². The van der Waals surface area contributed by atoms with Gasteiger partial charge in [-0.25, -0.2) is 9.78 Å². The fourth-order valence-corrected chi connectivity index (χ4v) is 3.49. The Morgan fingerprint density at radius 3 is 2.59 bits per heavy atom. The summed E-state index contributed by atoms with van der Waals surface area (Å²) in [4.78, 5) is 42.1. The van der Waals surface area contributed by atoms with Crippen molar-refractivity contribution in [1.82, 2.24) is 25.1 Å². The Kier molecular flexibility index (Phi) is 4.99. The van der Waals surface area contributed by atoms with E-state index in [0.717, 1.165) is 16.6 Å². The molecule has 1 aliphatic rings. The lowest BCUT2D eigenvalue weighted by Gasteiger charge is -2.27. The van der Waals surface area contributed by atoms with E-state index in [1.165, 1.54) is 4.90 Å². The largest absolute Gasteiger partial charge is 0.341 e. The first kappa shape index (κ1) is 18.7. The number of hydrogen-bond acceptors (Lipinski definition) is 4. The van der Waals surface area contributed by atoms with Crippen LogP contribution in [0.5, 0.6) is 0 Å². The van der Waals surface area contributed by atoms with Crippen molar-refractivity contribution in [3.8, 4) is 0 Å². The first-order chi connectivity index (χ1) is 14.0. The van der Waals surface area contributed by atoms with E-state index in [1.807, 2.05) is 66.2 Å². The predicted octanol–water partition coefficient (Wildman–Crippen LogP) is 1.72. The molecule has 4 amide bonds. The summed E-state index contributed by atoms with van der Waals surface area (Å²) < 4.78 is 1.96. The molecule has 0 saturated carbocycles. The number of rotatable bonds is 5. The van der Waals surface area contributed by atoms with Gasteiger partial charge in [-0.2, -0.15) is 0 Å². The minimum absolute atomic E-state index is 0.133. The lowest BCUT2D eigenvalue weighted by Crippen LogP contribution is -2.52. The number of nitrogens with one attached hydrogen (secondary N) is 2. The highest BCUT2D eigenvalue weighted by Gasteiger charge is 2.27. The third-order valence-corrected chi connectivity index (χ3v) is 4.99. The zero-order valence-corrected chi connectivity index (χ0v) is 16.0. The van der Waals surface area contributed by atoms with Gasteiger partial charge >= 0.3 is 6.03 Å². The van der Waals surface area contributed by atoms with Crippen LogP contribution >= 0.6 is 0 Å². The molecule has 2 heterocycles. The molecule has 1 saturated heterocycles. The number of imidazole rings is 1. The number of para-hydroxylation sites is 2. The summed E-state index contributed by atoms with van der Waals surface area (Å²) in [6, 6.07) is 16.3. The van der Waals surface area contributed by atoms with Gasteiger partial charge in [0.15, 0.2) is 0 Å². The molecule has 1 aromatic heterocycles. The maximum Gasteiger partial charge on any atom is 0.324 e. The van der Waals surface area contributed by atoms with Crippen LogP contribution in [0.15, 0.2) is 54.6 Å². The van der Waals surface area contributed by atoms with Crippen LogP contribution in [0.25, 0.3) is 11.0 Å². The maximum atomic E-state index is 12.8. The first-order valence-corrected chi connectivity index (χ1v) is 9.37. The van der Waals surface area contributed by atoms with E-state index >= 15 is 0 Å². The van der Waals surface area contributed by atoms with E-state index in [9.17, 15) is 14.4 Å². The molecule has 3 aromatic rings. The molecule has 8 nitrogen and oxygen atoms in total. The third kappa shape index (κ3) is 3.82. The second-order valence-electron chi connectivity index (χ2n) is 6.95. The van der Waals surface area contributed by atoms with Crippen molar-refractivity contribution in [3.05, 3.63) is 66.0 Å². The van der Waals surface area contributed by atoms with Gasteiger partial charge in [-0.05, 0) is 17.7 Å². The Labute approximate surface area is 167 Å². The molecule has 1 fully saturated rings. The van der Waals surface area contributed by atoms with Gasteiger partial charge in [0.1, 0.15) is 18.4 Å². The average Bonchev–Trinajstić information content (AvgIpc) is 3.06. The highest BCUT2D eigenvalue weighted by Crippen LogP contribution is 2.25. The Balaban J connectivity index is 1.61. The van der Waals surface area contributed by atoms with E-state index in [4.69, 9.17) is 4.98 Å². The van der Waals surface area contributed by atoms with E-state index in [2.05, 4.69) is 10.6 Å². The molecule has 148 valence electrons. The smallest absolute Gasteiger partial charge is 0.324 e. The number of imide groups is 1. The van der Waals surface area contributed by atoms with E-state index < -0.39 is 12.1 Å². The number of benzene rings is 2. The molecule has 2 aromatic carbocycles. The summed E-state index contributed by atoms with van der Waals surface area (Å²) in [5, 5.41) is 5.23. The Morgan fingerprint density at radius 2 is 1.86 bits per heavy atom. The Bertz CT molecular complexity index is 1080. The van der Waals surface area contributed by atoms with Crippen molar-refractivity contribution >= 4 is 28.9 Å². The van der Waals surface area contributed by atoms with Gasteiger partial charge in [0.25, 0.3) is 0 Å². The zero-order valence-electron chi connectivity index (χ0n) is 16.0. The van der Waals surface area contributed by atoms with Gasteiger partial charge in [-0.1, -0.05) is 42.5 Å². The van der Waals surface area contributed by atoms with Gasteiger partial charge in [0, 0.05) is 20.0 Å². The van der Waals surface area contributed by atoms with Crippen molar-refractivity contribution in [1.29, 1.82) is 0 Å². The number of amides is 4. The number of carbonyl (C=O) groups excluding carboxylic acids is 3. The molecule has 0 spiro atoms. The van der Waals surface area contributed by atoms with Crippen LogP contribution in [0, 0.1) is 0 Å². The molecule has 4 rings (SSSR count). The van der Waals surface area contributed by atoms with Gasteiger partial charge in [-0.3, -0.25) is 14.9 Å². The SMILES string of the molecule is Cn1c(C(NC(=O)CN2CCC(=O)NC2=O)c2ccccc2)nc2ccccc21. The summed E-state index contributed by atoms with van der Waals surface area (Å²) in [5.41, 5.74) is 2.69. The average molecular weight is 391 g/mol. The topological polar surface area (TPSA) is 96.3 Å². The fourth-order valence-electron chi connectivity index (χ4n) is 3.49. The molecule has 8 heteroatoms. The molecule has 0 bridgehead atoms. The molecule has 0 radical (unpaired) electrons. The standard InChI is InChI=1S/C21H21N5O3/c1-25-16-10-6-5-9-15(16)22-20(25)19(14-7-3-2-4-8-14)23-18(28)13-26-12-11-17(27)24-21(26)29/h2-10,19H,11-13H2,1H3,(H,23,28)(H,24,27,29). The van der Waals surface area contributed by atoms with E-state index in [1.54, 1.807) is 0 Å². The van der Waals surface area contributed by atoms with Crippen molar-refractivity contribution in [2.45, 2.75) is 12.5 Å². The summed E-state index contributed by atoms with van der Waals surface area (Å²) >= 11 is 0. The van der Waals surface area contributed by atoms with Crippen molar-refractivity contribution in [2.24, 2.45) is 7.05 Å². The molecule has 2 N–H and O–H groups in total. The Hall–Kier alpha value is -3.68. The van der Waals surface area contributed by atoms with Crippen LogP contribution < -0.4 is 10.6 Å². The summed E-state index contributed by atoms with van der Waals surface area (Å²) in [6.07, 6.45) is 0.186. The van der Waals surface area contributed by atoms with E-state index in [-0.39, 0.29) is 31.3 Å². The normalized spacial score (nSPS) is 15.3. The molecular formula is C21H21N5O3. The number of aryl methyl sites for hydroxylation is 1. The van der Waals surface area contributed by atoms with Gasteiger partial charge in [-0.15, -0.1) is 0 Å². The monoisotopic (exact) mass is 391 g/mol. The molecule has 29 heavy (non-hydrogen) atoms. The van der Waals surface area contributed by atoms with Gasteiger partial charge < -0.3 is 14.8 Å². The quantitative estimate of drug-likeness (QED) is 0.692. The summed E-state index contributed by atoms with van der Waals surface area (Å²) in [7, 11) is 1.91. The second-order valence-corrected chi connectivity index (χ2v) is 6.95. The van der Waals surface area contributed by atoms with Crippen LogP contribution in [-0.4, -0.2) is 45.4 Å². The molecular weight excluding hydrogens is 370 g/mol. The number of hydrogen-bond donors (Lipinski definition) is 2. The molecule has 1 aliphatic heterocycles. The molecule has 1 unspecified atom stereocenters. The van der Waals surface area contributed by atoms with Crippen LogP contribution in [0.2, 0.25) is 0 Å². The first-order valence-electron chi connectivity index (χ1n) is 9.37. The van der Waals surface area contributed by atoms with Gasteiger partial charge in [0.2, 0.25) is 11.8 Å². The lowest BCUT2D eigenvalue weighted by atomic mass is 10.1. The number of aromatic nitrogens is 2. The predicted molar refractivity (Wildman–Crippen MR) is 107 cm³/mol. The van der Waals surface area contributed by atoms with Gasteiger partial charge in [0.05, 0.1) is 11.0 Å². The zero-order chi connectivity index (χ0) is 20.4. The molecule has 1 atom stereocenters. The van der Waals surface area contributed by atoms with Crippen LogP contribution in [0.3, 0.4) is 0 Å². The maximum absolute atomic E-state index is 12.8. The lowest BCUT2D eigenvalue weighted by molar-refractivity contribution is -0.125. The minimum atomic E-state index is -0.546. The van der Waals surface area contributed by atoms with Crippen molar-refractivity contribution < 1.29 is 14.4 Å². The summed E-state index contributed by atoms with van der Waals surface area (Å²) in [5.74, 6) is 0.0490. The Morgan fingerprint density at radius 1 is 1.14 bits per heavy atom. The van der Waals surface area contributed by atoms with Crippen LogP contribution in [-0.2, 0) is 16.6 Å². The van der Waals surface area contributed by atoms with Crippen molar-refractivity contribution in [3.63, 3.8) is 0 Å². The van der Waals surface area contributed by atoms with E-state index in [0.29, 0.717) is 5.82 Å². The fraction of sp³-hybridized carbons (Fsp3) is 0.238. The minimum Gasteiger partial charge on any atom is -0.341 e. The third-order valence-electron chi connectivity index (χ3n) is 4.99. The number of urea groups is 1. The number of carbonyl (C=O) groups is 3. The summed E-state index contributed by atoms with van der Waals surface area (Å²) in [6.45, 7) is 0.0901. The number of fused-ring (bicyclic) bond motifs is 1.